The number of benzene rings is 2. The molecule has 2 N–H and O–H groups in total. The highest BCUT2D eigenvalue weighted by Gasteiger charge is 2.21. The van der Waals surface area contributed by atoms with Crippen LogP contribution in [-0.4, -0.2) is 51.6 Å². The van der Waals surface area contributed by atoms with Crippen molar-refractivity contribution >= 4 is 35.8 Å². The monoisotopic (exact) mass is 524 g/mol. The van der Waals surface area contributed by atoms with Gasteiger partial charge in [0, 0.05) is 39.3 Å². The maximum atomic E-state index is 11.7. The predicted molar refractivity (Wildman–Crippen MR) is 129 cm³/mol. The largest absolute Gasteiger partial charge is 0.493 e. The summed E-state index contributed by atoms with van der Waals surface area (Å²) < 4.78 is 10.9. The number of guanidine groups is 1. The summed E-state index contributed by atoms with van der Waals surface area (Å²) >= 11 is 0. The maximum absolute atomic E-state index is 11.7. The molecular formula is C22H29IN4O3. The molecule has 2 aromatic carbocycles. The Morgan fingerprint density at radius 1 is 1.10 bits per heavy atom. The highest BCUT2D eigenvalue weighted by atomic mass is 127. The fourth-order valence-electron chi connectivity index (χ4n) is 3.50. The van der Waals surface area contributed by atoms with Crippen LogP contribution in [0.2, 0.25) is 0 Å². The number of hydrogen-bond acceptors (Lipinski definition) is 4. The van der Waals surface area contributed by atoms with Gasteiger partial charge in [-0.05, 0) is 47.4 Å². The van der Waals surface area contributed by atoms with Crippen LogP contribution in [0.4, 0.5) is 0 Å². The first-order valence-corrected chi connectivity index (χ1v) is 9.60. The van der Waals surface area contributed by atoms with Crippen LogP contribution in [0.3, 0.4) is 0 Å². The van der Waals surface area contributed by atoms with Gasteiger partial charge in [0.2, 0.25) is 0 Å². The number of halogens is 1. The van der Waals surface area contributed by atoms with Gasteiger partial charge in [-0.2, -0.15) is 0 Å². The number of amides is 1. The van der Waals surface area contributed by atoms with Crippen molar-refractivity contribution in [2.45, 2.75) is 19.5 Å². The third kappa shape index (κ3) is 5.35. The van der Waals surface area contributed by atoms with E-state index >= 15 is 0 Å². The molecule has 162 valence electrons. The number of hydrogen-bond donors (Lipinski definition) is 2. The number of nitrogens with one attached hydrogen (secondary N) is 2. The smallest absolute Gasteiger partial charge is 0.251 e. The summed E-state index contributed by atoms with van der Waals surface area (Å²) in [6.45, 7) is 2.26. The third-order valence-electron chi connectivity index (χ3n) is 5.12. The first kappa shape index (κ1) is 23.8. The molecule has 0 aliphatic carbocycles. The predicted octanol–water partition coefficient (Wildman–Crippen LogP) is 2.82. The van der Waals surface area contributed by atoms with E-state index < -0.39 is 0 Å². The summed E-state index contributed by atoms with van der Waals surface area (Å²) in [4.78, 5) is 18.3. The second-order valence-electron chi connectivity index (χ2n) is 6.82. The van der Waals surface area contributed by atoms with Gasteiger partial charge in [-0.3, -0.25) is 9.79 Å². The number of carbonyl (C=O) groups is 1. The van der Waals surface area contributed by atoms with E-state index in [4.69, 9.17) is 9.47 Å². The van der Waals surface area contributed by atoms with Gasteiger partial charge in [-0.25, -0.2) is 0 Å². The van der Waals surface area contributed by atoms with Gasteiger partial charge in [-0.15, -0.1) is 24.0 Å². The van der Waals surface area contributed by atoms with Crippen molar-refractivity contribution in [3.63, 3.8) is 0 Å². The first-order valence-electron chi connectivity index (χ1n) is 9.60. The average Bonchev–Trinajstić information content (AvgIpc) is 2.78. The molecule has 0 aromatic heterocycles. The molecule has 0 saturated heterocycles. The maximum Gasteiger partial charge on any atom is 0.251 e. The van der Waals surface area contributed by atoms with Gasteiger partial charge in [-0.1, -0.05) is 12.1 Å². The molecule has 3 rings (SSSR count). The van der Waals surface area contributed by atoms with Crippen molar-refractivity contribution in [1.29, 1.82) is 0 Å². The van der Waals surface area contributed by atoms with Crippen LogP contribution in [0.5, 0.6) is 11.5 Å². The first-order chi connectivity index (χ1) is 14.1. The summed E-state index contributed by atoms with van der Waals surface area (Å²) in [7, 11) is 6.73. The Hall–Kier alpha value is -2.49. The minimum Gasteiger partial charge on any atom is -0.493 e. The van der Waals surface area contributed by atoms with E-state index in [0.717, 1.165) is 42.5 Å². The Bertz CT molecular complexity index is 900. The van der Waals surface area contributed by atoms with Crippen molar-refractivity contribution in [3.8, 4) is 11.5 Å². The number of rotatable bonds is 5. The van der Waals surface area contributed by atoms with E-state index in [-0.39, 0.29) is 29.9 Å². The summed E-state index contributed by atoms with van der Waals surface area (Å²) in [5.74, 6) is 2.27. The zero-order valence-corrected chi connectivity index (χ0v) is 20.2. The number of fused-ring (bicyclic) bond motifs is 1. The fraction of sp³-hybridized carbons (Fsp3) is 0.364. The number of carbonyl (C=O) groups excluding carboxylic acids is 1. The lowest BCUT2D eigenvalue weighted by molar-refractivity contribution is 0.0963. The molecular weight excluding hydrogens is 495 g/mol. The third-order valence-corrected chi connectivity index (χ3v) is 5.12. The normalized spacial score (nSPS) is 13.1. The highest BCUT2D eigenvalue weighted by Crippen LogP contribution is 2.33. The molecule has 30 heavy (non-hydrogen) atoms. The Balaban J connectivity index is 0.00000320. The SMILES string of the molecule is CN=C(NCc1ccc(C(=O)NC)cc1)N1CCc2cc(OC)c(OC)cc2C1.I. The van der Waals surface area contributed by atoms with Crippen LogP contribution in [0, 0.1) is 0 Å². The molecule has 1 amide bonds. The van der Waals surface area contributed by atoms with Crippen LogP contribution < -0.4 is 20.1 Å². The molecule has 1 aliphatic heterocycles. The molecule has 0 spiro atoms. The molecule has 1 aliphatic rings. The van der Waals surface area contributed by atoms with E-state index in [1.165, 1.54) is 11.1 Å². The Morgan fingerprint density at radius 3 is 2.30 bits per heavy atom. The van der Waals surface area contributed by atoms with Crippen molar-refractivity contribution in [3.05, 3.63) is 58.7 Å². The minimum atomic E-state index is -0.0839. The number of methoxy groups -OCH3 is 2. The Morgan fingerprint density at radius 2 is 1.73 bits per heavy atom. The summed E-state index contributed by atoms with van der Waals surface area (Å²) in [5.41, 5.74) is 4.23. The van der Waals surface area contributed by atoms with Crippen molar-refractivity contribution in [2.24, 2.45) is 4.99 Å². The Kier molecular flexibility index (Phi) is 8.76. The van der Waals surface area contributed by atoms with E-state index in [1.807, 2.05) is 30.3 Å². The van der Waals surface area contributed by atoms with Gasteiger partial charge in [0.1, 0.15) is 0 Å². The molecule has 0 unspecified atom stereocenters. The van der Waals surface area contributed by atoms with E-state index in [2.05, 4.69) is 26.6 Å². The van der Waals surface area contributed by atoms with E-state index in [0.29, 0.717) is 12.1 Å². The molecule has 0 fully saturated rings. The summed E-state index contributed by atoms with van der Waals surface area (Å²) in [5, 5.41) is 6.05. The lowest BCUT2D eigenvalue weighted by atomic mass is 9.99. The van der Waals surface area contributed by atoms with Gasteiger partial charge < -0.3 is 25.0 Å². The van der Waals surface area contributed by atoms with Gasteiger partial charge in [0.05, 0.1) is 14.2 Å². The molecule has 7 nitrogen and oxygen atoms in total. The molecule has 0 atom stereocenters. The van der Waals surface area contributed by atoms with Crippen LogP contribution in [0.15, 0.2) is 41.4 Å². The molecule has 0 bridgehead atoms. The van der Waals surface area contributed by atoms with Crippen LogP contribution in [-0.2, 0) is 19.5 Å². The average molecular weight is 524 g/mol. The quantitative estimate of drug-likeness (QED) is 0.358. The lowest BCUT2D eigenvalue weighted by Crippen LogP contribution is -2.43. The second kappa shape index (κ2) is 11.1. The highest BCUT2D eigenvalue weighted by molar-refractivity contribution is 14.0. The second-order valence-corrected chi connectivity index (χ2v) is 6.82. The molecule has 0 saturated carbocycles. The molecule has 1 heterocycles. The van der Waals surface area contributed by atoms with Crippen molar-refractivity contribution < 1.29 is 14.3 Å². The minimum absolute atomic E-state index is 0. The van der Waals surface area contributed by atoms with E-state index in [1.54, 1.807) is 28.3 Å². The van der Waals surface area contributed by atoms with Crippen LogP contribution >= 0.6 is 24.0 Å². The van der Waals surface area contributed by atoms with Gasteiger partial charge >= 0.3 is 0 Å². The topological polar surface area (TPSA) is 75.2 Å². The summed E-state index contributed by atoms with van der Waals surface area (Å²) in [6, 6.07) is 11.7. The zero-order chi connectivity index (χ0) is 20.8. The Labute approximate surface area is 194 Å². The molecule has 2 aromatic rings. The number of aliphatic imine (C=N–C) groups is 1. The number of nitrogens with zero attached hydrogens (tertiary/aromatic N) is 2. The van der Waals surface area contributed by atoms with Crippen LogP contribution in [0.25, 0.3) is 0 Å². The van der Waals surface area contributed by atoms with Crippen LogP contribution in [0.1, 0.15) is 27.0 Å². The van der Waals surface area contributed by atoms with E-state index in [9.17, 15) is 4.79 Å². The lowest BCUT2D eigenvalue weighted by Gasteiger charge is -2.32. The standard InChI is InChI=1S/C22H28N4O3.HI/c1-23-21(27)16-7-5-15(6-8-16)13-25-22(24-2)26-10-9-17-11-19(28-3)20(29-4)12-18(17)14-26;/h5-8,11-12H,9-10,13-14H2,1-4H3,(H,23,27)(H,24,25);1H. The van der Waals surface area contributed by atoms with Gasteiger partial charge in [0.25, 0.3) is 5.91 Å². The number of ether oxygens (including phenoxy) is 2. The molecule has 8 heteroatoms. The van der Waals surface area contributed by atoms with Crippen molar-refractivity contribution in [2.75, 3.05) is 34.9 Å². The van der Waals surface area contributed by atoms with Gasteiger partial charge in [0.15, 0.2) is 17.5 Å². The molecule has 0 radical (unpaired) electrons. The van der Waals surface area contributed by atoms with Crippen molar-refractivity contribution in [1.82, 2.24) is 15.5 Å². The zero-order valence-electron chi connectivity index (χ0n) is 17.8. The fourth-order valence-corrected chi connectivity index (χ4v) is 3.50. The summed E-state index contributed by atoms with van der Waals surface area (Å²) in [6.07, 6.45) is 0.914.